The minimum absolute atomic E-state index is 0.139. The molecule has 1 fully saturated rings. The zero-order chi connectivity index (χ0) is 13.8. The van der Waals surface area contributed by atoms with Crippen LogP contribution in [0.25, 0.3) is 5.69 Å². The summed E-state index contributed by atoms with van der Waals surface area (Å²) in [5.41, 5.74) is 1.92. The first-order chi connectivity index (χ1) is 9.84. The highest BCUT2D eigenvalue weighted by Gasteiger charge is 2.19. The Morgan fingerprint density at radius 2 is 2.00 bits per heavy atom. The third-order valence-electron chi connectivity index (χ3n) is 3.92. The van der Waals surface area contributed by atoms with Crippen LogP contribution in [0.2, 0.25) is 0 Å². The van der Waals surface area contributed by atoms with E-state index < -0.39 is 0 Å². The summed E-state index contributed by atoms with van der Waals surface area (Å²) in [4.78, 5) is 4.07. The first kappa shape index (κ1) is 12.9. The van der Waals surface area contributed by atoms with Crippen LogP contribution in [0.1, 0.15) is 37.7 Å². The first-order valence-electron chi connectivity index (χ1n) is 7.22. The van der Waals surface area contributed by atoms with Gasteiger partial charge in [0.15, 0.2) is 12.3 Å². The summed E-state index contributed by atoms with van der Waals surface area (Å²) in [6, 6.07) is 8.05. The van der Waals surface area contributed by atoms with Crippen molar-refractivity contribution in [2.75, 3.05) is 0 Å². The van der Waals surface area contributed by atoms with Gasteiger partial charge in [0.1, 0.15) is 0 Å². The van der Waals surface area contributed by atoms with E-state index in [9.17, 15) is 5.21 Å². The topological polar surface area (TPSA) is 43.9 Å². The van der Waals surface area contributed by atoms with Crippen LogP contribution in [0, 0.1) is 5.21 Å². The Kier molecular flexibility index (Phi) is 3.81. The molecule has 4 nitrogen and oxygen atoms in total. The number of hydrogen-bond acceptors (Lipinski definition) is 2. The molecule has 0 spiro atoms. The van der Waals surface area contributed by atoms with Crippen LogP contribution in [-0.4, -0.2) is 26.5 Å². The van der Waals surface area contributed by atoms with Crippen molar-refractivity contribution >= 4 is 6.21 Å². The van der Waals surface area contributed by atoms with E-state index in [0.29, 0.717) is 0 Å². The largest absolute Gasteiger partial charge is 0.624 e. The second-order valence-electron chi connectivity index (χ2n) is 5.31. The molecule has 0 saturated heterocycles. The number of hydroxylamine groups is 1. The van der Waals surface area contributed by atoms with E-state index in [1.54, 1.807) is 18.7 Å². The molecule has 1 aromatic heterocycles. The van der Waals surface area contributed by atoms with Gasteiger partial charge in [-0.05, 0) is 25.0 Å². The van der Waals surface area contributed by atoms with Gasteiger partial charge < -0.3 is 9.77 Å². The third kappa shape index (κ3) is 2.74. The molecule has 1 saturated carbocycles. The number of aromatic nitrogens is 2. The molecule has 1 aromatic carbocycles. The van der Waals surface area contributed by atoms with Crippen LogP contribution in [-0.2, 0) is 0 Å². The van der Waals surface area contributed by atoms with Gasteiger partial charge >= 0.3 is 0 Å². The zero-order valence-corrected chi connectivity index (χ0v) is 11.5. The fourth-order valence-corrected chi connectivity index (χ4v) is 2.81. The number of nitrogens with zero attached hydrogens (tertiary/aromatic N) is 3. The summed E-state index contributed by atoms with van der Waals surface area (Å²) < 4.78 is 3.08. The molecular formula is C16H19N3O. The predicted molar refractivity (Wildman–Crippen MR) is 79.2 cm³/mol. The average molecular weight is 269 g/mol. The van der Waals surface area contributed by atoms with Gasteiger partial charge in [0, 0.05) is 25.2 Å². The second-order valence-corrected chi connectivity index (χ2v) is 5.31. The normalized spacial score (nSPS) is 17.3. The number of rotatable bonds is 3. The molecule has 0 amide bonds. The molecule has 0 atom stereocenters. The maximum Gasteiger partial charge on any atom is 0.184 e. The average Bonchev–Trinajstić information content (AvgIpc) is 3.03. The molecule has 1 aliphatic carbocycles. The molecule has 4 heteroatoms. The van der Waals surface area contributed by atoms with Crippen LogP contribution in [0.15, 0.2) is 43.0 Å². The quantitative estimate of drug-likeness (QED) is 0.372. The third-order valence-corrected chi connectivity index (χ3v) is 3.92. The summed E-state index contributed by atoms with van der Waals surface area (Å²) in [6.45, 7) is 0. The molecule has 0 radical (unpaired) electrons. The molecular weight excluding hydrogens is 250 g/mol. The van der Waals surface area contributed by atoms with Gasteiger partial charge in [0.25, 0.3) is 0 Å². The molecule has 0 aliphatic heterocycles. The minimum Gasteiger partial charge on any atom is -0.624 e. The Morgan fingerprint density at radius 1 is 1.20 bits per heavy atom. The maximum absolute atomic E-state index is 12.3. The molecule has 2 aromatic rings. The smallest absolute Gasteiger partial charge is 0.184 e. The predicted octanol–water partition coefficient (Wildman–Crippen LogP) is 3.13. The van der Waals surface area contributed by atoms with Crippen molar-refractivity contribution in [2.45, 2.75) is 38.1 Å². The fraction of sp³-hybridized carbons (Fsp3) is 0.375. The fourth-order valence-electron chi connectivity index (χ4n) is 2.81. The Bertz CT molecular complexity index is 584. The Labute approximate surface area is 119 Å². The monoisotopic (exact) mass is 269 g/mol. The van der Waals surface area contributed by atoms with Crippen LogP contribution in [0.4, 0.5) is 0 Å². The van der Waals surface area contributed by atoms with E-state index in [-0.39, 0.29) is 6.04 Å². The van der Waals surface area contributed by atoms with Crippen LogP contribution < -0.4 is 0 Å². The van der Waals surface area contributed by atoms with Gasteiger partial charge in [-0.1, -0.05) is 18.6 Å². The van der Waals surface area contributed by atoms with Crippen LogP contribution >= 0.6 is 0 Å². The summed E-state index contributed by atoms with van der Waals surface area (Å²) >= 11 is 0. The van der Waals surface area contributed by atoms with Gasteiger partial charge in [-0.15, -0.1) is 0 Å². The first-order valence-corrected chi connectivity index (χ1v) is 7.22. The number of hydrogen-bond donors (Lipinski definition) is 0. The van der Waals surface area contributed by atoms with Crippen molar-refractivity contribution in [2.24, 2.45) is 0 Å². The highest BCUT2D eigenvalue weighted by molar-refractivity contribution is 5.81. The van der Waals surface area contributed by atoms with Crippen molar-refractivity contribution in [3.63, 3.8) is 0 Å². The summed E-state index contributed by atoms with van der Waals surface area (Å²) in [5.74, 6) is 0. The van der Waals surface area contributed by atoms with Crippen LogP contribution in [0.5, 0.6) is 0 Å². The SMILES string of the molecule is [O-]/[N+](=C\c1ccccc1-n1ccnc1)C1CCCCC1. The number of imidazole rings is 1. The van der Waals surface area contributed by atoms with Crippen molar-refractivity contribution in [1.29, 1.82) is 0 Å². The van der Waals surface area contributed by atoms with E-state index in [1.807, 2.05) is 35.0 Å². The standard InChI is InChI=1S/C16H19N3O/c20-19(15-7-2-1-3-8-15)12-14-6-4-5-9-16(14)18-11-10-17-13-18/h4-6,9-13,15H,1-3,7-8H2/b19-12-. The highest BCUT2D eigenvalue weighted by atomic mass is 16.5. The van der Waals surface area contributed by atoms with Gasteiger partial charge in [-0.2, -0.15) is 0 Å². The van der Waals surface area contributed by atoms with Gasteiger partial charge in [-0.3, -0.25) is 0 Å². The van der Waals surface area contributed by atoms with Crippen molar-refractivity contribution in [3.05, 3.63) is 53.8 Å². The second kappa shape index (κ2) is 5.90. The van der Waals surface area contributed by atoms with E-state index in [4.69, 9.17) is 0 Å². The highest BCUT2D eigenvalue weighted by Crippen LogP contribution is 2.20. The molecule has 0 bridgehead atoms. The molecule has 104 valence electrons. The van der Waals surface area contributed by atoms with Crippen molar-refractivity contribution < 1.29 is 4.74 Å². The molecule has 0 N–H and O–H groups in total. The summed E-state index contributed by atoms with van der Waals surface area (Å²) in [5, 5.41) is 12.3. The van der Waals surface area contributed by atoms with Crippen LogP contribution in [0.3, 0.4) is 0 Å². The summed E-state index contributed by atoms with van der Waals surface area (Å²) in [7, 11) is 0. The summed E-state index contributed by atoms with van der Waals surface area (Å²) in [6.07, 6.45) is 12.7. The van der Waals surface area contributed by atoms with E-state index in [2.05, 4.69) is 4.98 Å². The molecule has 3 rings (SSSR count). The Morgan fingerprint density at radius 3 is 2.75 bits per heavy atom. The minimum atomic E-state index is 0.139. The van der Waals surface area contributed by atoms with Crippen molar-refractivity contribution in [3.8, 4) is 5.69 Å². The lowest BCUT2D eigenvalue weighted by Crippen LogP contribution is -2.25. The number of para-hydroxylation sites is 1. The molecule has 1 aliphatic rings. The Hall–Kier alpha value is -2.10. The van der Waals surface area contributed by atoms with E-state index >= 15 is 0 Å². The van der Waals surface area contributed by atoms with Gasteiger partial charge in [0.2, 0.25) is 0 Å². The van der Waals surface area contributed by atoms with Gasteiger partial charge in [-0.25, -0.2) is 9.72 Å². The number of benzene rings is 1. The van der Waals surface area contributed by atoms with Crippen molar-refractivity contribution in [1.82, 2.24) is 9.55 Å². The maximum atomic E-state index is 12.3. The lowest BCUT2D eigenvalue weighted by atomic mass is 9.96. The lowest BCUT2D eigenvalue weighted by Gasteiger charge is -2.21. The molecule has 20 heavy (non-hydrogen) atoms. The molecule has 1 heterocycles. The van der Waals surface area contributed by atoms with Gasteiger partial charge in [0.05, 0.1) is 17.6 Å². The molecule has 0 unspecified atom stereocenters. The lowest BCUT2D eigenvalue weighted by molar-refractivity contribution is -0.500. The Balaban J connectivity index is 1.90. The van der Waals surface area contributed by atoms with E-state index in [1.165, 1.54) is 19.3 Å². The van der Waals surface area contributed by atoms with E-state index in [0.717, 1.165) is 28.8 Å². The zero-order valence-electron chi connectivity index (χ0n) is 11.5.